The lowest BCUT2D eigenvalue weighted by molar-refractivity contribution is 0.303. The van der Waals surface area contributed by atoms with E-state index in [0.29, 0.717) is 18.2 Å². The van der Waals surface area contributed by atoms with E-state index in [2.05, 4.69) is 15.3 Å². The number of nitrogens with zero attached hydrogens (tertiary/aromatic N) is 2. The molecule has 3 N–H and O–H groups in total. The third-order valence-corrected chi connectivity index (χ3v) is 2.57. The number of nitrogen functional groups attached to an aromatic ring is 1. The number of anilines is 2. The summed E-state index contributed by atoms with van der Waals surface area (Å²) < 4.78 is 5.68. The van der Waals surface area contributed by atoms with E-state index in [-0.39, 0.29) is 6.04 Å². The minimum Gasteiger partial charge on any atom is -0.491 e. The number of nitrogens with two attached hydrogens (primary N) is 1. The standard InChI is InChI=1S/C14H18N4O/c1-10-3-5-12(6-4-10)19-9-11(2)17-14-8-16-7-13(15)18-14/h3-8,11H,9H2,1-2H3,(H3,15,17,18). The molecule has 0 aliphatic rings. The number of aromatic nitrogens is 2. The molecule has 0 spiro atoms. The summed E-state index contributed by atoms with van der Waals surface area (Å²) in [4.78, 5) is 8.10. The van der Waals surface area contributed by atoms with Gasteiger partial charge in [-0.3, -0.25) is 4.98 Å². The summed E-state index contributed by atoms with van der Waals surface area (Å²) in [5, 5.41) is 3.19. The van der Waals surface area contributed by atoms with Crippen LogP contribution in [0.15, 0.2) is 36.7 Å². The second kappa shape index (κ2) is 6.04. The van der Waals surface area contributed by atoms with Crippen molar-refractivity contribution in [2.24, 2.45) is 0 Å². The number of hydrogen-bond donors (Lipinski definition) is 2. The maximum Gasteiger partial charge on any atom is 0.147 e. The molecule has 5 nitrogen and oxygen atoms in total. The van der Waals surface area contributed by atoms with E-state index in [1.54, 1.807) is 6.20 Å². The first-order valence-corrected chi connectivity index (χ1v) is 6.17. The van der Waals surface area contributed by atoms with Gasteiger partial charge in [-0.05, 0) is 26.0 Å². The first-order valence-electron chi connectivity index (χ1n) is 6.17. The van der Waals surface area contributed by atoms with Gasteiger partial charge >= 0.3 is 0 Å². The summed E-state index contributed by atoms with van der Waals surface area (Å²) in [6, 6.07) is 8.08. The van der Waals surface area contributed by atoms with E-state index in [4.69, 9.17) is 10.5 Å². The van der Waals surface area contributed by atoms with E-state index in [1.165, 1.54) is 11.8 Å². The molecular formula is C14H18N4O. The number of nitrogens with one attached hydrogen (secondary N) is 1. The maximum atomic E-state index is 5.68. The molecule has 1 atom stereocenters. The van der Waals surface area contributed by atoms with Gasteiger partial charge in [0.25, 0.3) is 0 Å². The van der Waals surface area contributed by atoms with Crippen LogP contribution in [0.25, 0.3) is 0 Å². The van der Waals surface area contributed by atoms with E-state index in [9.17, 15) is 0 Å². The van der Waals surface area contributed by atoms with Crippen LogP contribution >= 0.6 is 0 Å². The average molecular weight is 258 g/mol. The predicted molar refractivity (Wildman–Crippen MR) is 76.2 cm³/mol. The molecule has 1 unspecified atom stereocenters. The Hall–Kier alpha value is -2.30. The first-order chi connectivity index (χ1) is 9.13. The zero-order valence-electron chi connectivity index (χ0n) is 11.1. The molecule has 0 fully saturated rings. The zero-order chi connectivity index (χ0) is 13.7. The monoisotopic (exact) mass is 258 g/mol. The molecule has 0 aliphatic carbocycles. The Morgan fingerprint density at radius 1 is 1.26 bits per heavy atom. The molecule has 1 aromatic carbocycles. The predicted octanol–water partition coefficient (Wildman–Crippen LogP) is 2.25. The number of benzene rings is 1. The quantitative estimate of drug-likeness (QED) is 0.860. The van der Waals surface area contributed by atoms with Gasteiger partial charge in [0.15, 0.2) is 0 Å². The molecule has 0 bridgehead atoms. The molecule has 0 aliphatic heterocycles. The van der Waals surface area contributed by atoms with E-state index in [0.717, 1.165) is 5.75 Å². The Kier molecular flexibility index (Phi) is 4.18. The maximum absolute atomic E-state index is 5.68. The van der Waals surface area contributed by atoms with Crippen LogP contribution in [-0.2, 0) is 0 Å². The number of hydrogen-bond acceptors (Lipinski definition) is 5. The SMILES string of the molecule is Cc1ccc(OCC(C)Nc2cncc(N)n2)cc1. The number of ether oxygens (including phenoxy) is 1. The highest BCUT2D eigenvalue weighted by Gasteiger charge is 2.04. The van der Waals surface area contributed by atoms with Crippen LogP contribution in [-0.4, -0.2) is 22.6 Å². The molecule has 5 heteroatoms. The van der Waals surface area contributed by atoms with Crippen molar-refractivity contribution in [2.75, 3.05) is 17.7 Å². The van der Waals surface area contributed by atoms with E-state index in [1.807, 2.05) is 38.1 Å². The van der Waals surface area contributed by atoms with Crippen molar-refractivity contribution in [1.29, 1.82) is 0 Å². The van der Waals surface area contributed by atoms with Crippen molar-refractivity contribution >= 4 is 11.6 Å². The van der Waals surface area contributed by atoms with Crippen molar-refractivity contribution in [3.05, 3.63) is 42.2 Å². The molecule has 100 valence electrons. The normalized spacial score (nSPS) is 11.9. The zero-order valence-corrected chi connectivity index (χ0v) is 11.1. The topological polar surface area (TPSA) is 73.1 Å². The molecule has 0 amide bonds. The number of rotatable bonds is 5. The summed E-state index contributed by atoms with van der Waals surface area (Å²) in [6.07, 6.45) is 3.15. The highest BCUT2D eigenvalue weighted by Crippen LogP contribution is 2.12. The van der Waals surface area contributed by atoms with Crippen molar-refractivity contribution in [1.82, 2.24) is 9.97 Å². The van der Waals surface area contributed by atoms with Gasteiger partial charge < -0.3 is 15.8 Å². The van der Waals surface area contributed by atoms with E-state index < -0.39 is 0 Å². The van der Waals surface area contributed by atoms with Crippen molar-refractivity contribution < 1.29 is 4.74 Å². The van der Waals surface area contributed by atoms with Gasteiger partial charge in [0.2, 0.25) is 0 Å². The van der Waals surface area contributed by atoms with E-state index >= 15 is 0 Å². The summed E-state index contributed by atoms with van der Waals surface area (Å²) in [5.41, 5.74) is 6.78. The van der Waals surface area contributed by atoms with Gasteiger partial charge in [-0.1, -0.05) is 17.7 Å². The molecule has 2 rings (SSSR count). The second-order valence-electron chi connectivity index (χ2n) is 4.50. The van der Waals surface area contributed by atoms with Crippen LogP contribution in [0.4, 0.5) is 11.6 Å². The Balaban J connectivity index is 1.84. The van der Waals surface area contributed by atoms with Crippen molar-refractivity contribution in [3.63, 3.8) is 0 Å². The van der Waals surface area contributed by atoms with Crippen molar-refractivity contribution in [3.8, 4) is 5.75 Å². The molecule has 2 aromatic rings. The average Bonchev–Trinajstić information content (AvgIpc) is 2.38. The lowest BCUT2D eigenvalue weighted by Crippen LogP contribution is -2.24. The summed E-state index contributed by atoms with van der Waals surface area (Å²) >= 11 is 0. The van der Waals surface area contributed by atoms with Gasteiger partial charge in [-0.2, -0.15) is 0 Å². The van der Waals surface area contributed by atoms with Crippen LogP contribution in [0.5, 0.6) is 5.75 Å². The highest BCUT2D eigenvalue weighted by atomic mass is 16.5. The van der Waals surface area contributed by atoms with Gasteiger partial charge in [-0.15, -0.1) is 0 Å². The molecule has 1 heterocycles. The third-order valence-electron chi connectivity index (χ3n) is 2.57. The van der Waals surface area contributed by atoms with Crippen LogP contribution < -0.4 is 15.8 Å². The highest BCUT2D eigenvalue weighted by molar-refractivity contribution is 5.39. The first kappa shape index (κ1) is 13.1. The van der Waals surface area contributed by atoms with Crippen LogP contribution in [0.1, 0.15) is 12.5 Å². The Morgan fingerprint density at radius 2 is 2.00 bits per heavy atom. The van der Waals surface area contributed by atoms with Crippen LogP contribution in [0.2, 0.25) is 0 Å². The fourth-order valence-corrected chi connectivity index (χ4v) is 1.60. The fraction of sp³-hybridized carbons (Fsp3) is 0.286. The summed E-state index contributed by atoms with van der Waals surface area (Å²) in [5.74, 6) is 1.91. The minimum absolute atomic E-state index is 0.109. The van der Waals surface area contributed by atoms with Gasteiger partial charge in [0.1, 0.15) is 24.0 Å². The van der Waals surface area contributed by atoms with Gasteiger partial charge in [-0.25, -0.2) is 4.98 Å². The number of aryl methyl sites for hydroxylation is 1. The Bertz CT molecular complexity index is 527. The molecular weight excluding hydrogens is 240 g/mol. The summed E-state index contributed by atoms with van der Waals surface area (Å²) in [6.45, 7) is 4.60. The van der Waals surface area contributed by atoms with Gasteiger partial charge in [0.05, 0.1) is 18.4 Å². The molecule has 1 aromatic heterocycles. The lowest BCUT2D eigenvalue weighted by atomic mass is 10.2. The Morgan fingerprint density at radius 3 is 2.68 bits per heavy atom. The lowest BCUT2D eigenvalue weighted by Gasteiger charge is -2.15. The van der Waals surface area contributed by atoms with Crippen molar-refractivity contribution in [2.45, 2.75) is 19.9 Å². The third kappa shape index (κ3) is 4.13. The van der Waals surface area contributed by atoms with Crippen LogP contribution in [0, 0.1) is 6.92 Å². The second-order valence-corrected chi connectivity index (χ2v) is 4.50. The molecule has 0 saturated heterocycles. The summed E-state index contributed by atoms with van der Waals surface area (Å²) in [7, 11) is 0. The smallest absolute Gasteiger partial charge is 0.147 e. The van der Waals surface area contributed by atoms with Gasteiger partial charge in [0, 0.05) is 0 Å². The minimum atomic E-state index is 0.109. The molecule has 0 saturated carbocycles. The van der Waals surface area contributed by atoms with Crippen LogP contribution in [0.3, 0.4) is 0 Å². The Labute approximate surface area is 112 Å². The molecule has 0 radical (unpaired) electrons. The fourth-order valence-electron chi connectivity index (χ4n) is 1.60. The molecule has 19 heavy (non-hydrogen) atoms. The largest absolute Gasteiger partial charge is 0.491 e.